The summed E-state index contributed by atoms with van der Waals surface area (Å²) in [6.07, 6.45) is 13.1. The molecule has 0 spiro atoms. The van der Waals surface area contributed by atoms with Crippen molar-refractivity contribution in [1.82, 2.24) is 0 Å². The maximum absolute atomic E-state index is 9.93. The number of hydrogen-bond acceptors (Lipinski definition) is 4. The van der Waals surface area contributed by atoms with E-state index >= 15 is 0 Å². The van der Waals surface area contributed by atoms with E-state index in [9.17, 15) is 15.3 Å². The number of aliphatic hydroxyl groups excluding tert-OH is 4. The van der Waals surface area contributed by atoms with Gasteiger partial charge in [0, 0.05) is 13.0 Å². The van der Waals surface area contributed by atoms with Crippen molar-refractivity contribution < 1.29 is 20.4 Å². The van der Waals surface area contributed by atoms with Gasteiger partial charge >= 0.3 is 0 Å². The SMILES string of the molecule is C#CCCCCCCCCC(O)CC(CO)CC(O)CO. The fourth-order valence-corrected chi connectivity index (χ4v) is 2.52. The van der Waals surface area contributed by atoms with Crippen LogP contribution < -0.4 is 0 Å². The molecule has 4 heteroatoms. The van der Waals surface area contributed by atoms with Crippen LogP contribution in [0, 0.1) is 18.3 Å². The van der Waals surface area contributed by atoms with Gasteiger partial charge in [0.2, 0.25) is 0 Å². The van der Waals surface area contributed by atoms with E-state index < -0.39 is 12.2 Å². The lowest BCUT2D eigenvalue weighted by molar-refractivity contribution is 0.0430. The molecular formula is C17H32O4. The molecule has 4 N–H and O–H groups in total. The lowest BCUT2D eigenvalue weighted by Gasteiger charge is -2.20. The minimum absolute atomic E-state index is 0.0662. The van der Waals surface area contributed by atoms with Crippen LogP contribution in [0.25, 0.3) is 0 Å². The second-order valence-electron chi connectivity index (χ2n) is 5.87. The van der Waals surface area contributed by atoms with Gasteiger partial charge in [-0.25, -0.2) is 0 Å². The summed E-state index contributed by atoms with van der Waals surface area (Å²) in [5.41, 5.74) is 0. The van der Waals surface area contributed by atoms with E-state index in [0.717, 1.165) is 32.1 Å². The standard InChI is InChI=1S/C17H32O4/c1-2-3-4-5-6-7-8-9-10-16(20)11-15(13-18)12-17(21)14-19/h1,15-21H,3-14H2. The van der Waals surface area contributed by atoms with Gasteiger partial charge in [0.1, 0.15) is 0 Å². The molecule has 0 aliphatic rings. The molecule has 0 saturated heterocycles. The van der Waals surface area contributed by atoms with Gasteiger partial charge in [-0.15, -0.1) is 12.3 Å². The van der Waals surface area contributed by atoms with Gasteiger partial charge < -0.3 is 20.4 Å². The van der Waals surface area contributed by atoms with Crippen LogP contribution in [-0.4, -0.2) is 45.8 Å². The van der Waals surface area contributed by atoms with Crippen LogP contribution in [0.1, 0.15) is 64.2 Å². The molecule has 0 bridgehead atoms. The zero-order valence-electron chi connectivity index (χ0n) is 13.1. The zero-order chi connectivity index (χ0) is 15.9. The first kappa shape index (κ1) is 20.4. The Morgan fingerprint density at radius 2 is 1.33 bits per heavy atom. The minimum Gasteiger partial charge on any atom is -0.396 e. The lowest BCUT2D eigenvalue weighted by atomic mass is 9.93. The van der Waals surface area contributed by atoms with Crippen molar-refractivity contribution in [3.8, 4) is 12.3 Å². The van der Waals surface area contributed by atoms with Crippen molar-refractivity contribution >= 4 is 0 Å². The smallest absolute Gasteiger partial charge is 0.0774 e. The molecule has 0 fully saturated rings. The van der Waals surface area contributed by atoms with Crippen molar-refractivity contribution in [2.24, 2.45) is 5.92 Å². The molecule has 3 unspecified atom stereocenters. The van der Waals surface area contributed by atoms with Crippen molar-refractivity contribution in [1.29, 1.82) is 0 Å². The lowest BCUT2D eigenvalue weighted by Crippen LogP contribution is -2.23. The summed E-state index contributed by atoms with van der Waals surface area (Å²) in [5, 5.41) is 37.3. The Morgan fingerprint density at radius 1 is 0.762 bits per heavy atom. The third-order valence-electron chi connectivity index (χ3n) is 3.79. The molecule has 3 atom stereocenters. The van der Waals surface area contributed by atoms with Crippen molar-refractivity contribution in [3.05, 3.63) is 0 Å². The normalized spacial score (nSPS) is 15.4. The predicted octanol–water partition coefficient (Wildman–Crippen LogP) is 1.84. The Labute approximate surface area is 129 Å². The maximum Gasteiger partial charge on any atom is 0.0774 e. The monoisotopic (exact) mass is 300 g/mol. The summed E-state index contributed by atoms with van der Waals surface area (Å²) >= 11 is 0. The molecule has 0 radical (unpaired) electrons. The van der Waals surface area contributed by atoms with E-state index in [1.54, 1.807) is 0 Å². The molecule has 0 aliphatic heterocycles. The summed E-state index contributed by atoms with van der Waals surface area (Å²) in [4.78, 5) is 0. The summed E-state index contributed by atoms with van der Waals surface area (Å²) in [6, 6.07) is 0. The highest BCUT2D eigenvalue weighted by atomic mass is 16.3. The molecule has 0 saturated carbocycles. The molecule has 21 heavy (non-hydrogen) atoms. The molecule has 0 amide bonds. The Balaban J connectivity index is 3.55. The number of rotatable bonds is 14. The van der Waals surface area contributed by atoms with Gasteiger partial charge in [0.25, 0.3) is 0 Å². The van der Waals surface area contributed by atoms with Crippen LogP contribution in [0.5, 0.6) is 0 Å². The molecule has 0 aromatic heterocycles. The van der Waals surface area contributed by atoms with E-state index in [0.29, 0.717) is 12.8 Å². The van der Waals surface area contributed by atoms with E-state index in [2.05, 4.69) is 5.92 Å². The summed E-state index contributed by atoms with van der Waals surface area (Å²) in [6.45, 7) is -0.366. The predicted molar refractivity (Wildman–Crippen MR) is 84.7 cm³/mol. The summed E-state index contributed by atoms with van der Waals surface area (Å²) in [7, 11) is 0. The second kappa shape index (κ2) is 14.3. The van der Waals surface area contributed by atoms with E-state index in [1.165, 1.54) is 19.3 Å². The third-order valence-corrected chi connectivity index (χ3v) is 3.79. The van der Waals surface area contributed by atoms with Gasteiger partial charge in [0.05, 0.1) is 18.8 Å². The van der Waals surface area contributed by atoms with Crippen LogP contribution in [0.15, 0.2) is 0 Å². The summed E-state index contributed by atoms with van der Waals surface area (Å²) in [5.74, 6) is 2.49. The quantitative estimate of drug-likeness (QED) is 0.291. The van der Waals surface area contributed by atoms with Gasteiger partial charge in [-0.2, -0.15) is 0 Å². The highest BCUT2D eigenvalue weighted by Crippen LogP contribution is 2.17. The molecule has 0 rings (SSSR count). The largest absolute Gasteiger partial charge is 0.396 e. The highest BCUT2D eigenvalue weighted by molar-refractivity contribution is 4.82. The van der Waals surface area contributed by atoms with Gasteiger partial charge in [0.15, 0.2) is 0 Å². The van der Waals surface area contributed by atoms with Crippen molar-refractivity contribution in [3.63, 3.8) is 0 Å². The Morgan fingerprint density at radius 3 is 1.90 bits per heavy atom. The highest BCUT2D eigenvalue weighted by Gasteiger charge is 2.17. The van der Waals surface area contributed by atoms with Crippen LogP contribution in [0.4, 0.5) is 0 Å². The van der Waals surface area contributed by atoms with Gasteiger partial charge in [-0.05, 0) is 31.6 Å². The average molecular weight is 300 g/mol. The van der Waals surface area contributed by atoms with Crippen LogP contribution in [-0.2, 0) is 0 Å². The van der Waals surface area contributed by atoms with Crippen LogP contribution in [0.3, 0.4) is 0 Å². The molecular weight excluding hydrogens is 268 g/mol. The summed E-state index contributed by atoms with van der Waals surface area (Å²) < 4.78 is 0. The maximum atomic E-state index is 9.93. The number of terminal acetylenes is 1. The molecule has 0 aliphatic carbocycles. The fourth-order valence-electron chi connectivity index (χ4n) is 2.52. The molecule has 0 aromatic rings. The second-order valence-corrected chi connectivity index (χ2v) is 5.87. The number of aliphatic hydroxyl groups is 4. The van der Waals surface area contributed by atoms with E-state index in [1.807, 2.05) is 0 Å². The minimum atomic E-state index is -0.808. The van der Waals surface area contributed by atoms with E-state index in [4.69, 9.17) is 11.5 Å². The third kappa shape index (κ3) is 12.8. The van der Waals surface area contributed by atoms with Crippen molar-refractivity contribution in [2.75, 3.05) is 13.2 Å². The Hall–Kier alpha value is -0.600. The first-order valence-corrected chi connectivity index (χ1v) is 8.15. The Kier molecular flexibility index (Phi) is 13.9. The molecule has 4 nitrogen and oxygen atoms in total. The molecule has 0 aromatic carbocycles. The number of unbranched alkanes of at least 4 members (excludes halogenated alkanes) is 6. The van der Waals surface area contributed by atoms with Gasteiger partial charge in [-0.3, -0.25) is 0 Å². The van der Waals surface area contributed by atoms with Gasteiger partial charge in [-0.1, -0.05) is 32.1 Å². The topological polar surface area (TPSA) is 80.9 Å². The fraction of sp³-hybridized carbons (Fsp3) is 0.882. The zero-order valence-corrected chi connectivity index (χ0v) is 13.1. The van der Waals surface area contributed by atoms with E-state index in [-0.39, 0.29) is 19.1 Å². The average Bonchev–Trinajstić information content (AvgIpc) is 2.49. The first-order valence-electron chi connectivity index (χ1n) is 8.15. The van der Waals surface area contributed by atoms with Crippen molar-refractivity contribution in [2.45, 2.75) is 76.4 Å². The molecule has 124 valence electrons. The molecule has 0 heterocycles. The number of hydrogen-bond donors (Lipinski definition) is 4. The van der Waals surface area contributed by atoms with Crippen LogP contribution in [0.2, 0.25) is 0 Å². The van der Waals surface area contributed by atoms with Crippen LogP contribution >= 0.6 is 0 Å². The first-order chi connectivity index (χ1) is 10.1. The Bertz CT molecular complexity index is 262.